The third-order valence-corrected chi connectivity index (χ3v) is 8.89. The summed E-state index contributed by atoms with van der Waals surface area (Å²) in [6.07, 6.45) is 0. The van der Waals surface area contributed by atoms with Crippen molar-refractivity contribution in [2.75, 3.05) is 0 Å². The van der Waals surface area contributed by atoms with Crippen LogP contribution < -0.4 is 0 Å². The van der Waals surface area contributed by atoms with Crippen LogP contribution in [0.15, 0.2) is 170 Å². The number of fused-ring (bicyclic) bond motifs is 6. The van der Waals surface area contributed by atoms with Crippen molar-refractivity contribution < 1.29 is 0 Å². The zero-order valence-corrected chi connectivity index (χ0v) is 24.1. The topological polar surface area (TPSA) is 9.86 Å². The van der Waals surface area contributed by atoms with Crippen molar-refractivity contribution >= 4 is 43.6 Å². The molecule has 0 saturated carbocycles. The van der Waals surface area contributed by atoms with Crippen LogP contribution in [0.2, 0.25) is 0 Å². The fourth-order valence-corrected chi connectivity index (χ4v) is 6.91. The van der Waals surface area contributed by atoms with E-state index >= 15 is 0 Å². The minimum Gasteiger partial charge on any atom is -0.309 e. The zero-order valence-electron chi connectivity index (χ0n) is 24.1. The van der Waals surface area contributed by atoms with Gasteiger partial charge in [0, 0.05) is 32.9 Å². The van der Waals surface area contributed by atoms with Gasteiger partial charge in [-0.2, -0.15) is 0 Å². The minimum atomic E-state index is 1.15. The molecule has 2 aromatic heterocycles. The molecule has 9 rings (SSSR count). The van der Waals surface area contributed by atoms with Gasteiger partial charge in [-0.1, -0.05) is 121 Å². The Morgan fingerprint density at radius 1 is 0.250 bits per heavy atom. The summed E-state index contributed by atoms with van der Waals surface area (Å²) in [5.74, 6) is 0. The van der Waals surface area contributed by atoms with Crippen molar-refractivity contribution in [1.29, 1.82) is 0 Å². The number of para-hydroxylation sites is 3. The molecule has 0 spiro atoms. The predicted octanol–water partition coefficient (Wildman–Crippen LogP) is 11.2. The van der Waals surface area contributed by atoms with Crippen LogP contribution in [-0.2, 0) is 0 Å². The van der Waals surface area contributed by atoms with Crippen molar-refractivity contribution in [3.05, 3.63) is 170 Å². The van der Waals surface area contributed by atoms with Crippen LogP contribution >= 0.6 is 0 Å². The fourth-order valence-electron chi connectivity index (χ4n) is 6.91. The third kappa shape index (κ3) is 3.82. The van der Waals surface area contributed by atoms with Gasteiger partial charge in [0.15, 0.2) is 0 Å². The monoisotopic (exact) mass is 560 g/mol. The van der Waals surface area contributed by atoms with Crippen molar-refractivity contribution in [2.24, 2.45) is 0 Å². The first kappa shape index (κ1) is 24.7. The summed E-state index contributed by atoms with van der Waals surface area (Å²) in [7, 11) is 0. The normalized spacial score (nSPS) is 11.6. The van der Waals surface area contributed by atoms with E-state index in [1.807, 2.05) is 0 Å². The predicted molar refractivity (Wildman–Crippen MR) is 186 cm³/mol. The molecule has 2 heterocycles. The van der Waals surface area contributed by atoms with Crippen LogP contribution in [0.25, 0.3) is 77.2 Å². The molecule has 2 nitrogen and oxygen atoms in total. The molecule has 9 aromatic rings. The van der Waals surface area contributed by atoms with Crippen LogP contribution in [0.3, 0.4) is 0 Å². The summed E-state index contributed by atoms with van der Waals surface area (Å²) in [4.78, 5) is 0. The summed E-state index contributed by atoms with van der Waals surface area (Å²) in [6.45, 7) is 0. The lowest BCUT2D eigenvalue weighted by atomic mass is 9.98. The van der Waals surface area contributed by atoms with Crippen LogP contribution in [0, 0.1) is 0 Å². The highest BCUT2D eigenvalue weighted by atomic mass is 15.0. The molecule has 0 aliphatic heterocycles. The minimum absolute atomic E-state index is 1.15. The van der Waals surface area contributed by atoms with E-state index in [1.165, 1.54) is 65.9 Å². The number of hydrogen-bond donors (Lipinski definition) is 0. The second-order valence-electron chi connectivity index (χ2n) is 11.4. The van der Waals surface area contributed by atoms with Gasteiger partial charge in [0.2, 0.25) is 0 Å². The van der Waals surface area contributed by atoms with Crippen molar-refractivity contribution in [3.63, 3.8) is 0 Å². The van der Waals surface area contributed by atoms with Crippen LogP contribution in [-0.4, -0.2) is 9.13 Å². The van der Waals surface area contributed by atoms with Gasteiger partial charge in [-0.25, -0.2) is 0 Å². The molecule has 0 amide bonds. The van der Waals surface area contributed by atoms with E-state index in [0.717, 1.165) is 11.4 Å². The third-order valence-electron chi connectivity index (χ3n) is 8.89. The molecule has 206 valence electrons. The number of hydrogen-bond acceptors (Lipinski definition) is 0. The Labute approximate surface area is 255 Å². The van der Waals surface area contributed by atoms with E-state index in [9.17, 15) is 0 Å². The average Bonchev–Trinajstić information content (AvgIpc) is 3.61. The van der Waals surface area contributed by atoms with Gasteiger partial charge in [0.05, 0.1) is 22.1 Å². The summed E-state index contributed by atoms with van der Waals surface area (Å²) < 4.78 is 4.85. The van der Waals surface area contributed by atoms with Crippen molar-refractivity contribution in [1.82, 2.24) is 9.13 Å². The molecule has 0 atom stereocenters. The number of benzene rings is 7. The molecule has 0 bridgehead atoms. The summed E-state index contributed by atoms with van der Waals surface area (Å²) in [5.41, 5.74) is 11.9. The highest BCUT2D eigenvalue weighted by molar-refractivity contribution is 6.12. The first-order valence-corrected chi connectivity index (χ1v) is 15.1. The molecular weight excluding hydrogens is 532 g/mol. The van der Waals surface area contributed by atoms with E-state index in [2.05, 4.69) is 179 Å². The Kier molecular flexibility index (Phi) is 5.54. The SMILES string of the molecule is c1ccc(-c2cc(-c3ccccc3)cc(-n3c4ccccc4c4ccc(-n5c6ccccc6c6ccccc65)cc43)c2)cc1. The van der Waals surface area contributed by atoms with Crippen LogP contribution in [0.1, 0.15) is 0 Å². The van der Waals surface area contributed by atoms with Gasteiger partial charge in [-0.15, -0.1) is 0 Å². The highest BCUT2D eigenvalue weighted by Crippen LogP contribution is 2.38. The summed E-state index contributed by atoms with van der Waals surface area (Å²) >= 11 is 0. The van der Waals surface area contributed by atoms with Crippen LogP contribution in [0.4, 0.5) is 0 Å². The Morgan fingerprint density at radius 3 is 1.16 bits per heavy atom. The molecule has 2 heteroatoms. The summed E-state index contributed by atoms with van der Waals surface area (Å²) in [5, 5.41) is 5.04. The van der Waals surface area contributed by atoms with E-state index in [1.54, 1.807) is 0 Å². The molecule has 7 aromatic carbocycles. The fraction of sp³-hybridized carbons (Fsp3) is 0. The lowest BCUT2D eigenvalue weighted by Gasteiger charge is -2.15. The van der Waals surface area contributed by atoms with Gasteiger partial charge in [0.25, 0.3) is 0 Å². The molecule has 0 unspecified atom stereocenters. The molecule has 0 saturated heterocycles. The van der Waals surface area contributed by atoms with Crippen molar-refractivity contribution in [2.45, 2.75) is 0 Å². The molecule has 0 fully saturated rings. The highest BCUT2D eigenvalue weighted by Gasteiger charge is 2.17. The van der Waals surface area contributed by atoms with Crippen LogP contribution in [0.5, 0.6) is 0 Å². The van der Waals surface area contributed by atoms with Gasteiger partial charge in [-0.05, 0) is 70.8 Å². The maximum Gasteiger partial charge on any atom is 0.0561 e. The first-order valence-electron chi connectivity index (χ1n) is 15.1. The molecule has 0 N–H and O–H groups in total. The molecule has 44 heavy (non-hydrogen) atoms. The lowest BCUT2D eigenvalue weighted by Crippen LogP contribution is -1.98. The Hall–Kier alpha value is -5.86. The molecular formula is C42H28N2. The summed E-state index contributed by atoms with van der Waals surface area (Å²) in [6, 6.07) is 61.5. The van der Waals surface area contributed by atoms with E-state index in [-0.39, 0.29) is 0 Å². The average molecular weight is 561 g/mol. The maximum absolute atomic E-state index is 2.45. The van der Waals surface area contributed by atoms with Gasteiger partial charge >= 0.3 is 0 Å². The van der Waals surface area contributed by atoms with Gasteiger partial charge in [-0.3, -0.25) is 0 Å². The second-order valence-corrected chi connectivity index (χ2v) is 11.4. The zero-order chi connectivity index (χ0) is 29.0. The maximum atomic E-state index is 2.45. The number of rotatable bonds is 4. The number of nitrogens with zero attached hydrogens (tertiary/aromatic N) is 2. The lowest BCUT2D eigenvalue weighted by molar-refractivity contribution is 1.15. The van der Waals surface area contributed by atoms with Gasteiger partial charge < -0.3 is 9.13 Å². The standard InChI is InChI=1S/C42H28N2/c1-3-13-29(14-4-1)31-25-32(30-15-5-2-6-16-30)27-34(26-31)44-41-22-12-9-19-37(41)38-24-23-33(28-42(38)44)43-39-20-10-7-17-35(39)36-18-8-11-21-40(36)43/h1-28H. The molecule has 0 aliphatic carbocycles. The Bertz CT molecular complexity index is 2370. The Balaban J connectivity index is 1.36. The second kappa shape index (κ2) is 9.86. The van der Waals surface area contributed by atoms with Gasteiger partial charge in [0.1, 0.15) is 0 Å². The Morgan fingerprint density at radius 2 is 0.659 bits per heavy atom. The number of aromatic nitrogens is 2. The molecule has 0 aliphatic rings. The van der Waals surface area contributed by atoms with E-state index in [4.69, 9.17) is 0 Å². The van der Waals surface area contributed by atoms with E-state index in [0.29, 0.717) is 0 Å². The van der Waals surface area contributed by atoms with E-state index < -0.39 is 0 Å². The quantitative estimate of drug-likeness (QED) is 0.203. The first-order chi connectivity index (χ1) is 21.8. The molecule has 0 radical (unpaired) electrons. The largest absolute Gasteiger partial charge is 0.309 e. The van der Waals surface area contributed by atoms with Crippen molar-refractivity contribution in [3.8, 4) is 33.6 Å². The smallest absolute Gasteiger partial charge is 0.0561 e.